The molecule has 0 aliphatic carbocycles. The molecule has 0 aromatic carbocycles. The predicted octanol–water partition coefficient (Wildman–Crippen LogP) is 2.67. The van der Waals surface area contributed by atoms with Crippen LogP contribution in [-0.2, 0) is 10.9 Å². The Kier molecular flexibility index (Phi) is 3.51. The van der Waals surface area contributed by atoms with Crippen LogP contribution in [0.2, 0.25) is 0 Å². The minimum Gasteiger partial charge on any atom is -0.458 e. The van der Waals surface area contributed by atoms with Crippen LogP contribution >= 0.6 is 0 Å². The third kappa shape index (κ3) is 2.95. The topological polar surface area (TPSA) is 39.2 Å². The number of hydrogen-bond acceptors (Lipinski definition) is 3. The number of alkyl halides is 3. The van der Waals surface area contributed by atoms with E-state index in [1.807, 2.05) is 0 Å². The molecule has 0 fully saturated rings. The molecule has 6 heteroatoms. The summed E-state index contributed by atoms with van der Waals surface area (Å²) in [5.41, 5.74) is -1.79. The first-order chi connectivity index (χ1) is 7.32. The molecule has 0 spiro atoms. The van der Waals surface area contributed by atoms with E-state index in [4.69, 9.17) is 0 Å². The summed E-state index contributed by atoms with van der Waals surface area (Å²) < 4.78 is 42.2. The fraction of sp³-hybridized carbons (Fsp3) is 0.400. The highest BCUT2D eigenvalue weighted by Crippen LogP contribution is 2.31. The van der Waals surface area contributed by atoms with E-state index in [2.05, 4.69) is 9.72 Å². The third-order valence-corrected chi connectivity index (χ3v) is 1.65. The van der Waals surface area contributed by atoms with Crippen molar-refractivity contribution in [3.63, 3.8) is 0 Å². The van der Waals surface area contributed by atoms with Gasteiger partial charge in [-0.1, -0.05) is 0 Å². The van der Waals surface area contributed by atoms with Gasteiger partial charge in [0.1, 0.15) is 0 Å². The number of hydrogen-bond donors (Lipinski definition) is 0. The predicted molar refractivity (Wildman–Crippen MR) is 49.8 cm³/mol. The van der Waals surface area contributed by atoms with Crippen molar-refractivity contribution >= 4 is 5.97 Å². The molecule has 1 rings (SSSR count). The van der Waals surface area contributed by atoms with Crippen LogP contribution < -0.4 is 0 Å². The van der Waals surface area contributed by atoms with Crippen LogP contribution in [0, 0.1) is 0 Å². The molecule has 88 valence electrons. The van der Waals surface area contributed by atoms with Crippen molar-refractivity contribution < 1.29 is 22.7 Å². The quantitative estimate of drug-likeness (QED) is 0.737. The number of carbonyl (C=O) groups excluding carboxylic acids is 1. The first-order valence-corrected chi connectivity index (χ1v) is 4.55. The number of aromatic nitrogens is 1. The summed E-state index contributed by atoms with van der Waals surface area (Å²) in [7, 11) is 0. The largest absolute Gasteiger partial charge is 0.458 e. The van der Waals surface area contributed by atoms with Crippen LogP contribution in [0.1, 0.15) is 29.9 Å². The monoisotopic (exact) mass is 233 g/mol. The summed E-state index contributed by atoms with van der Waals surface area (Å²) in [6, 6.07) is 1.92. The summed E-state index contributed by atoms with van der Waals surface area (Å²) in [4.78, 5) is 14.7. The summed E-state index contributed by atoms with van der Waals surface area (Å²) >= 11 is 0. The maximum Gasteiger partial charge on any atom is 0.418 e. The van der Waals surface area contributed by atoms with Gasteiger partial charge >= 0.3 is 12.1 Å². The van der Waals surface area contributed by atoms with E-state index in [0.717, 1.165) is 18.3 Å². The van der Waals surface area contributed by atoms with Crippen molar-refractivity contribution in [1.29, 1.82) is 0 Å². The molecule has 0 N–H and O–H groups in total. The zero-order valence-corrected chi connectivity index (χ0v) is 8.71. The number of carbonyl (C=O) groups is 1. The molecule has 0 saturated carbocycles. The molecular weight excluding hydrogens is 223 g/mol. The standard InChI is InChI=1S/C10H10F3NO2/c1-6(2)16-9(15)8-7(10(11,12)13)4-3-5-14-8/h3-6H,1-2H3. The lowest BCUT2D eigenvalue weighted by atomic mass is 10.2. The average molecular weight is 233 g/mol. The highest BCUT2D eigenvalue weighted by atomic mass is 19.4. The first-order valence-electron chi connectivity index (χ1n) is 4.55. The van der Waals surface area contributed by atoms with Crippen LogP contribution in [-0.4, -0.2) is 17.1 Å². The second-order valence-corrected chi connectivity index (χ2v) is 3.35. The summed E-state index contributed by atoms with van der Waals surface area (Å²) in [5, 5.41) is 0. The van der Waals surface area contributed by atoms with Gasteiger partial charge in [0.15, 0.2) is 5.69 Å². The van der Waals surface area contributed by atoms with Crippen molar-refractivity contribution in [2.45, 2.75) is 26.1 Å². The van der Waals surface area contributed by atoms with Gasteiger partial charge in [0.05, 0.1) is 11.7 Å². The Morgan fingerprint density at radius 3 is 2.56 bits per heavy atom. The van der Waals surface area contributed by atoms with Gasteiger partial charge in [-0.15, -0.1) is 0 Å². The molecule has 0 atom stereocenters. The van der Waals surface area contributed by atoms with Gasteiger partial charge in [-0.2, -0.15) is 13.2 Å². The Labute approximate surface area is 90.2 Å². The molecule has 3 nitrogen and oxygen atoms in total. The number of pyridine rings is 1. The Balaban J connectivity index is 3.09. The molecule has 16 heavy (non-hydrogen) atoms. The number of rotatable bonds is 2. The fourth-order valence-corrected chi connectivity index (χ4v) is 1.07. The van der Waals surface area contributed by atoms with Gasteiger partial charge in [-0.3, -0.25) is 0 Å². The Hall–Kier alpha value is -1.59. The van der Waals surface area contributed by atoms with E-state index in [1.54, 1.807) is 13.8 Å². The summed E-state index contributed by atoms with van der Waals surface area (Å²) in [6.45, 7) is 3.10. The van der Waals surface area contributed by atoms with E-state index in [-0.39, 0.29) is 0 Å². The van der Waals surface area contributed by atoms with Crippen LogP contribution in [0.15, 0.2) is 18.3 Å². The molecule has 1 aromatic rings. The molecule has 0 saturated heterocycles. The highest BCUT2D eigenvalue weighted by molar-refractivity contribution is 5.89. The van der Waals surface area contributed by atoms with E-state index in [9.17, 15) is 18.0 Å². The van der Waals surface area contributed by atoms with Gasteiger partial charge in [0.25, 0.3) is 0 Å². The minimum atomic E-state index is -4.61. The minimum absolute atomic E-state index is 0.490. The van der Waals surface area contributed by atoms with E-state index < -0.39 is 29.5 Å². The molecular formula is C10H10F3NO2. The molecule has 0 unspecified atom stereocenters. The van der Waals surface area contributed by atoms with Gasteiger partial charge < -0.3 is 4.74 Å². The van der Waals surface area contributed by atoms with Gasteiger partial charge in [-0.25, -0.2) is 9.78 Å². The smallest absolute Gasteiger partial charge is 0.418 e. The molecule has 0 bridgehead atoms. The van der Waals surface area contributed by atoms with Crippen LogP contribution in [0.25, 0.3) is 0 Å². The number of nitrogens with zero attached hydrogens (tertiary/aromatic N) is 1. The van der Waals surface area contributed by atoms with Crippen molar-refractivity contribution in [1.82, 2.24) is 4.98 Å². The number of esters is 1. The molecule has 1 aromatic heterocycles. The molecule has 0 radical (unpaired) electrons. The Morgan fingerprint density at radius 1 is 1.44 bits per heavy atom. The SMILES string of the molecule is CC(C)OC(=O)c1ncccc1C(F)(F)F. The lowest BCUT2D eigenvalue weighted by Gasteiger charge is -2.12. The highest BCUT2D eigenvalue weighted by Gasteiger charge is 2.36. The summed E-state index contributed by atoms with van der Waals surface area (Å²) in [5.74, 6) is -1.07. The second kappa shape index (κ2) is 4.51. The zero-order valence-electron chi connectivity index (χ0n) is 8.71. The second-order valence-electron chi connectivity index (χ2n) is 3.35. The van der Waals surface area contributed by atoms with E-state index in [1.165, 1.54) is 0 Å². The van der Waals surface area contributed by atoms with E-state index in [0.29, 0.717) is 0 Å². The summed E-state index contributed by atoms with van der Waals surface area (Å²) in [6.07, 6.45) is -3.98. The van der Waals surface area contributed by atoms with Gasteiger partial charge in [0, 0.05) is 6.20 Å². The van der Waals surface area contributed by atoms with E-state index >= 15 is 0 Å². The first kappa shape index (κ1) is 12.5. The fourth-order valence-electron chi connectivity index (χ4n) is 1.07. The Morgan fingerprint density at radius 2 is 2.06 bits per heavy atom. The normalized spacial score (nSPS) is 11.6. The van der Waals surface area contributed by atoms with Gasteiger partial charge in [0.2, 0.25) is 0 Å². The molecule has 0 aliphatic rings. The molecule has 0 amide bonds. The van der Waals surface area contributed by atoms with Crippen molar-refractivity contribution in [3.05, 3.63) is 29.6 Å². The van der Waals surface area contributed by atoms with Crippen molar-refractivity contribution in [2.75, 3.05) is 0 Å². The lowest BCUT2D eigenvalue weighted by molar-refractivity contribution is -0.138. The van der Waals surface area contributed by atoms with Crippen LogP contribution in [0.5, 0.6) is 0 Å². The lowest BCUT2D eigenvalue weighted by Crippen LogP contribution is -2.19. The average Bonchev–Trinajstić information content (AvgIpc) is 2.15. The molecule has 0 aliphatic heterocycles. The van der Waals surface area contributed by atoms with Crippen molar-refractivity contribution in [2.24, 2.45) is 0 Å². The van der Waals surface area contributed by atoms with Crippen LogP contribution in [0.3, 0.4) is 0 Å². The van der Waals surface area contributed by atoms with Crippen molar-refractivity contribution in [3.8, 4) is 0 Å². The Bertz CT molecular complexity index is 388. The van der Waals surface area contributed by atoms with Gasteiger partial charge in [-0.05, 0) is 26.0 Å². The molecule has 1 heterocycles. The zero-order chi connectivity index (χ0) is 12.3. The third-order valence-electron chi connectivity index (χ3n) is 1.65. The maximum atomic E-state index is 12.5. The number of halogens is 3. The number of ether oxygens (including phenoxy) is 1. The maximum absolute atomic E-state index is 12.5. The van der Waals surface area contributed by atoms with Crippen LogP contribution in [0.4, 0.5) is 13.2 Å².